The van der Waals surface area contributed by atoms with Crippen molar-refractivity contribution in [1.82, 2.24) is 0 Å². The van der Waals surface area contributed by atoms with E-state index < -0.39 is 29.1 Å². The summed E-state index contributed by atoms with van der Waals surface area (Å²) in [6.07, 6.45) is 2.55. The minimum atomic E-state index is -0.714. The summed E-state index contributed by atoms with van der Waals surface area (Å²) in [6.45, 7) is 0. The largest absolute Gasteiger partial charge is 0.508 e. The highest BCUT2D eigenvalue weighted by Crippen LogP contribution is 2.61. The second kappa shape index (κ2) is 4.50. The molecule has 0 amide bonds. The molecule has 4 rings (SSSR count). The quantitative estimate of drug-likeness (QED) is 0.775. The van der Waals surface area contributed by atoms with Gasteiger partial charge in [-0.05, 0) is 25.2 Å². The number of rotatable bonds is 2. The molecule has 0 aromatic heterocycles. The number of carbonyl (C=O) groups excluding carboxylic acids is 2. The lowest BCUT2D eigenvalue weighted by Crippen LogP contribution is -2.70. The van der Waals surface area contributed by atoms with E-state index in [1.54, 1.807) is 0 Å². The molecule has 0 aromatic carbocycles. The molecule has 0 radical (unpaired) electrons. The lowest BCUT2D eigenvalue weighted by atomic mass is 9.49. The Kier molecular flexibility index (Phi) is 3.09. The molecule has 21 heavy (non-hydrogen) atoms. The summed E-state index contributed by atoms with van der Waals surface area (Å²) < 4.78 is 20.3. The average Bonchev–Trinajstić information content (AvgIpc) is 2.34. The van der Waals surface area contributed by atoms with Crippen molar-refractivity contribution in [2.75, 3.05) is 14.2 Å². The molecule has 0 saturated heterocycles. The summed E-state index contributed by atoms with van der Waals surface area (Å²) in [5.74, 6) is 0.278. The van der Waals surface area contributed by atoms with Crippen LogP contribution in [-0.2, 0) is 18.9 Å². The Morgan fingerprint density at radius 3 is 1.76 bits per heavy atom. The number of nitrogens with two attached hydrogens (primary N) is 1. The third-order valence-electron chi connectivity index (χ3n) is 4.94. The molecule has 7 nitrogen and oxygen atoms in total. The molecule has 4 fully saturated rings. The molecule has 4 aliphatic rings. The molecule has 0 aliphatic heterocycles. The number of carbonyl (C=O) groups is 2. The van der Waals surface area contributed by atoms with Gasteiger partial charge in [-0.2, -0.15) is 0 Å². The molecule has 0 heterocycles. The highest BCUT2D eigenvalue weighted by atomic mass is 16.7. The Bertz CT molecular complexity index is 444. The lowest BCUT2D eigenvalue weighted by molar-refractivity contribution is -0.214. The minimum Gasteiger partial charge on any atom is -0.438 e. The third-order valence-corrected chi connectivity index (χ3v) is 4.94. The maximum absolute atomic E-state index is 11.6. The van der Waals surface area contributed by atoms with Crippen LogP contribution in [0.25, 0.3) is 0 Å². The summed E-state index contributed by atoms with van der Waals surface area (Å²) in [6, 6.07) is 0. The van der Waals surface area contributed by atoms with Gasteiger partial charge in [0, 0.05) is 24.8 Å². The van der Waals surface area contributed by atoms with Crippen molar-refractivity contribution in [3.8, 4) is 0 Å². The molecule has 4 aliphatic carbocycles. The molecule has 0 spiro atoms. The van der Waals surface area contributed by atoms with Crippen molar-refractivity contribution in [2.24, 2.45) is 11.7 Å². The standard InChI is InChI=1S/C14H21NO6/c1-18-10(16)20-13-4-9-3-12(15,6-13)7-14(5-9,8-13)21-11(17)19-2/h9H,3-8,15H2,1-2H3. The smallest absolute Gasteiger partial charge is 0.438 e. The van der Waals surface area contributed by atoms with Crippen molar-refractivity contribution in [1.29, 1.82) is 0 Å². The molecule has 2 atom stereocenters. The first kappa shape index (κ1) is 14.4. The Hall–Kier alpha value is -1.50. The van der Waals surface area contributed by atoms with E-state index >= 15 is 0 Å². The monoisotopic (exact) mass is 299 g/mol. The molecule has 2 N–H and O–H groups in total. The van der Waals surface area contributed by atoms with Crippen LogP contribution in [0.5, 0.6) is 0 Å². The fourth-order valence-corrected chi connectivity index (χ4v) is 5.00. The first-order valence-corrected chi connectivity index (χ1v) is 7.14. The van der Waals surface area contributed by atoms with E-state index in [4.69, 9.17) is 15.2 Å². The van der Waals surface area contributed by atoms with Gasteiger partial charge >= 0.3 is 12.3 Å². The van der Waals surface area contributed by atoms with Crippen molar-refractivity contribution in [3.63, 3.8) is 0 Å². The Labute approximate surface area is 123 Å². The van der Waals surface area contributed by atoms with E-state index in [2.05, 4.69) is 9.47 Å². The topological polar surface area (TPSA) is 97.1 Å². The predicted molar refractivity (Wildman–Crippen MR) is 70.6 cm³/mol. The Morgan fingerprint density at radius 1 is 0.905 bits per heavy atom. The first-order chi connectivity index (χ1) is 9.82. The number of hydrogen-bond donors (Lipinski definition) is 1. The number of ether oxygens (including phenoxy) is 4. The molecule has 7 heteroatoms. The van der Waals surface area contributed by atoms with Crippen LogP contribution in [0.1, 0.15) is 38.5 Å². The second-order valence-electron chi connectivity index (χ2n) is 6.85. The summed E-state index contributed by atoms with van der Waals surface area (Å²) in [7, 11) is 2.56. The zero-order valence-electron chi connectivity index (χ0n) is 12.3. The Morgan fingerprint density at radius 2 is 1.38 bits per heavy atom. The van der Waals surface area contributed by atoms with E-state index in [-0.39, 0.29) is 5.92 Å². The van der Waals surface area contributed by atoms with Crippen LogP contribution in [0.3, 0.4) is 0 Å². The highest BCUT2D eigenvalue weighted by Gasteiger charge is 2.66. The van der Waals surface area contributed by atoms with Crippen LogP contribution in [0.2, 0.25) is 0 Å². The van der Waals surface area contributed by atoms with Gasteiger partial charge in [0.1, 0.15) is 11.2 Å². The molecule has 0 aromatic rings. The SMILES string of the molecule is COC(=O)OC12CC3CC(N)(C1)CC(OC(=O)OC)(C3)C2. The van der Waals surface area contributed by atoms with Gasteiger partial charge in [-0.3, -0.25) is 0 Å². The fourth-order valence-electron chi connectivity index (χ4n) is 5.00. The van der Waals surface area contributed by atoms with Crippen LogP contribution >= 0.6 is 0 Å². The summed E-state index contributed by atoms with van der Waals surface area (Å²) >= 11 is 0. The molecule has 118 valence electrons. The minimum absolute atomic E-state index is 0.278. The highest BCUT2D eigenvalue weighted by molar-refractivity contribution is 5.61. The van der Waals surface area contributed by atoms with Crippen LogP contribution in [0.15, 0.2) is 0 Å². The van der Waals surface area contributed by atoms with Gasteiger partial charge in [0.25, 0.3) is 0 Å². The van der Waals surface area contributed by atoms with Crippen LogP contribution < -0.4 is 5.73 Å². The average molecular weight is 299 g/mol. The molecule has 4 saturated carbocycles. The number of hydrogen-bond acceptors (Lipinski definition) is 7. The van der Waals surface area contributed by atoms with E-state index in [1.165, 1.54) is 14.2 Å². The summed E-state index contributed by atoms with van der Waals surface area (Å²) in [4.78, 5) is 23.1. The van der Waals surface area contributed by atoms with Gasteiger partial charge in [0.15, 0.2) is 0 Å². The Balaban J connectivity index is 1.88. The van der Waals surface area contributed by atoms with Crippen molar-refractivity contribution >= 4 is 12.3 Å². The molecular weight excluding hydrogens is 278 g/mol. The number of methoxy groups -OCH3 is 2. The van der Waals surface area contributed by atoms with Gasteiger partial charge in [0.2, 0.25) is 0 Å². The second-order valence-corrected chi connectivity index (χ2v) is 6.85. The van der Waals surface area contributed by atoms with Gasteiger partial charge in [-0.15, -0.1) is 0 Å². The van der Waals surface area contributed by atoms with E-state index in [0.29, 0.717) is 19.3 Å². The summed E-state index contributed by atoms with van der Waals surface area (Å²) in [5.41, 5.74) is 4.59. The molecule has 4 bridgehead atoms. The predicted octanol–water partition coefficient (Wildman–Crippen LogP) is 1.73. The maximum atomic E-state index is 11.6. The first-order valence-electron chi connectivity index (χ1n) is 7.14. The van der Waals surface area contributed by atoms with Gasteiger partial charge < -0.3 is 24.7 Å². The zero-order chi connectivity index (χ0) is 15.3. The van der Waals surface area contributed by atoms with Crippen LogP contribution in [-0.4, -0.2) is 43.3 Å². The van der Waals surface area contributed by atoms with E-state index in [1.807, 2.05) is 0 Å². The third kappa shape index (κ3) is 2.43. The van der Waals surface area contributed by atoms with Crippen molar-refractivity contribution in [3.05, 3.63) is 0 Å². The molecule has 2 unspecified atom stereocenters. The van der Waals surface area contributed by atoms with E-state index in [9.17, 15) is 9.59 Å². The van der Waals surface area contributed by atoms with Crippen molar-refractivity contribution in [2.45, 2.75) is 55.3 Å². The van der Waals surface area contributed by atoms with Gasteiger partial charge in [-0.25, -0.2) is 9.59 Å². The molecular formula is C14H21NO6. The van der Waals surface area contributed by atoms with Crippen LogP contribution in [0, 0.1) is 5.92 Å². The van der Waals surface area contributed by atoms with E-state index in [0.717, 1.165) is 19.3 Å². The zero-order valence-corrected chi connectivity index (χ0v) is 12.3. The normalized spacial score (nSPS) is 43.3. The van der Waals surface area contributed by atoms with Gasteiger partial charge in [-0.1, -0.05) is 0 Å². The van der Waals surface area contributed by atoms with Gasteiger partial charge in [0.05, 0.1) is 14.2 Å². The van der Waals surface area contributed by atoms with Crippen LogP contribution in [0.4, 0.5) is 9.59 Å². The maximum Gasteiger partial charge on any atom is 0.508 e. The fraction of sp³-hybridized carbons (Fsp3) is 0.857. The summed E-state index contributed by atoms with van der Waals surface area (Å²) in [5, 5.41) is 0. The van der Waals surface area contributed by atoms with Crippen molar-refractivity contribution < 1.29 is 28.5 Å². The lowest BCUT2D eigenvalue weighted by Gasteiger charge is -2.63.